The van der Waals surface area contributed by atoms with Crippen molar-refractivity contribution in [3.8, 4) is 0 Å². The van der Waals surface area contributed by atoms with E-state index in [1.165, 1.54) is 18.2 Å². The lowest BCUT2D eigenvalue weighted by atomic mass is 10.1. The molecule has 1 aliphatic rings. The molecule has 0 bridgehead atoms. The van der Waals surface area contributed by atoms with E-state index in [4.69, 9.17) is 4.74 Å². The Morgan fingerprint density at radius 3 is 2.72 bits per heavy atom. The first kappa shape index (κ1) is 13.0. The third-order valence-electron chi connectivity index (χ3n) is 3.11. The van der Waals surface area contributed by atoms with Crippen LogP contribution < -0.4 is 5.32 Å². The molecule has 1 aliphatic heterocycles. The average molecular weight is 253 g/mol. The minimum Gasteiger partial charge on any atom is -0.497 e. The van der Waals surface area contributed by atoms with Crippen LogP contribution in [0.2, 0.25) is 0 Å². The van der Waals surface area contributed by atoms with Crippen LogP contribution in [0.25, 0.3) is 0 Å². The maximum Gasteiger partial charge on any atom is 0.130 e. The van der Waals surface area contributed by atoms with Crippen molar-refractivity contribution in [3.05, 3.63) is 47.7 Å². The van der Waals surface area contributed by atoms with Gasteiger partial charge in [-0.2, -0.15) is 0 Å². The van der Waals surface area contributed by atoms with Crippen LogP contribution in [0.3, 0.4) is 0 Å². The number of nitrogens with one attached hydrogen (secondary N) is 1. The third kappa shape index (κ3) is 3.07. The SMILES string of the molecule is CC(NCC1CCC=CO1)c1c(F)cccc1F. The highest BCUT2D eigenvalue weighted by Crippen LogP contribution is 2.20. The summed E-state index contributed by atoms with van der Waals surface area (Å²) in [4.78, 5) is 0. The van der Waals surface area contributed by atoms with Crippen LogP contribution in [0.4, 0.5) is 8.78 Å². The summed E-state index contributed by atoms with van der Waals surface area (Å²) in [6.07, 6.45) is 5.64. The van der Waals surface area contributed by atoms with E-state index in [1.807, 2.05) is 6.08 Å². The molecule has 0 aromatic heterocycles. The molecule has 0 fully saturated rings. The summed E-state index contributed by atoms with van der Waals surface area (Å²) < 4.78 is 32.5. The predicted octanol–water partition coefficient (Wildman–Crippen LogP) is 3.31. The average Bonchev–Trinajstić information content (AvgIpc) is 2.37. The van der Waals surface area contributed by atoms with Crippen molar-refractivity contribution in [2.24, 2.45) is 0 Å². The number of benzene rings is 1. The van der Waals surface area contributed by atoms with Crippen LogP contribution in [0.15, 0.2) is 30.5 Å². The molecule has 2 atom stereocenters. The van der Waals surface area contributed by atoms with Gasteiger partial charge in [-0.05, 0) is 38.0 Å². The number of hydrogen-bond acceptors (Lipinski definition) is 2. The van der Waals surface area contributed by atoms with Crippen molar-refractivity contribution in [1.82, 2.24) is 5.32 Å². The van der Waals surface area contributed by atoms with E-state index in [0.717, 1.165) is 12.8 Å². The van der Waals surface area contributed by atoms with Gasteiger partial charge in [-0.3, -0.25) is 0 Å². The molecular formula is C14H17F2NO. The van der Waals surface area contributed by atoms with Gasteiger partial charge in [-0.25, -0.2) is 8.78 Å². The first-order valence-corrected chi connectivity index (χ1v) is 6.16. The summed E-state index contributed by atoms with van der Waals surface area (Å²) in [5, 5.41) is 3.11. The van der Waals surface area contributed by atoms with Crippen LogP contribution in [-0.2, 0) is 4.74 Å². The number of ether oxygens (including phenoxy) is 1. The van der Waals surface area contributed by atoms with E-state index in [-0.39, 0.29) is 17.7 Å². The van der Waals surface area contributed by atoms with E-state index in [2.05, 4.69) is 5.32 Å². The minimum atomic E-state index is -0.514. The Balaban J connectivity index is 1.95. The maximum absolute atomic E-state index is 13.5. The second kappa shape index (κ2) is 5.96. The van der Waals surface area contributed by atoms with E-state index in [0.29, 0.717) is 6.54 Å². The molecule has 98 valence electrons. The Labute approximate surface area is 106 Å². The summed E-state index contributed by atoms with van der Waals surface area (Å²) >= 11 is 0. The zero-order valence-corrected chi connectivity index (χ0v) is 10.3. The zero-order chi connectivity index (χ0) is 13.0. The van der Waals surface area contributed by atoms with Gasteiger partial charge in [-0.1, -0.05) is 6.07 Å². The van der Waals surface area contributed by atoms with E-state index >= 15 is 0 Å². The smallest absolute Gasteiger partial charge is 0.130 e. The summed E-state index contributed by atoms with van der Waals surface area (Å²) in [7, 11) is 0. The van der Waals surface area contributed by atoms with Gasteiger partial charge in [0.2, 0.25) is 0 Å². The third-order valence-corrected chi connectivity index (χ3v) is 3.11. The van der Waals surface area contributed by atoms with Gasteiger partial charge in [0.25, 0.3) is 0 Å². The number of rotatable bonds is 4. The highest BCUT2D eigenvalue weighted by Gasteiger charge is 2.18. The lowest BCUT2D eigenvalue weighted by molar-refractivity contribution is 0.119. The highest BCUT2D eigenvalue weighted by atomic mass is 19.1. The molecular weight excluding hydrogens is 236 g/mol. The van der Waals surface area contributed by atoms with E-state index in [9.17, 15) is 8.78 Å². The molecule has 2 unspecified atom stereocenters. The van der Waals surface area contributed by atoms with Gasteiger partial charge < -0.3 is 10.1 Å². The zero-order valence-electron chi connectivity index (χ0n) is 10.3. The Morgan fingerprint density at radius 1 is 1.39 bits per heavy atom. The Bertz CT molecular complexity index is 414. The van der Waals surface area contributed by atoms with Gasteiger partial charge >= 0.3 is 0 Å². The molecule has 2 nitrogen and oxygen atoms in total. The molecule has 0 saturated heterocycles. The molecule has 2 rings (SSSR count). The highest BCUT2D eigenvalue weighted by molar-refractivity contribution is 5.22. The van der Waals surface area contributed by atoms with Crippen molar-refractivity contribution >= 4 is 0 Å². The topological polar surface area (TPSA) is 21.3 Å². The van der Waals surface area contributed by atoms with Crippen molar-refractivity contribution < 1.29 is 13.5 Å². The molecule has 1 N–H and O–H groups in total. The Morgan fingerprint density at radius 2 is 2.11 bits per heavy atom. The normalized spacial score (nSPS) is 20.5. The quantitative estimate of drug-likeness (QED) is 0.889. The molecule has 0 aliphatic carbocycles. The summed E-state index contributed by atoms with van der Waals surface area (Å²) in [6, 6.07) is 3.55. The largest absolute Gasteiger partial charge is 0.497 e. The number of halogens is 2. The predicted molar refractivity (Wildman–Crippen MR) is 66.0 cm³/mol. The fourth-order valence-corrected chi connectivity index (χ4v) is 2.07. The Hall–Kier alpha value is -1.42. The van der Waals surface area contributed by atoms with Gasteiger partial charge in [0.05, 0.1) is 6.26 Å². The van der Waals surface area contributed by atoms with E-state index < -0.39 is 11.6 Å². The second-order valence-corrected chi connectivity index (χ2v) is 4.47. The van der Waals surface area contributed by atoms with Crippen molar-refractivity contribution in [2.45, 2.75) is 31.9 Å². The molecule has 18 heavy (non-hydrogen) atoms. The Kier molecular flexibility index (Phi) is 4.31. The van der Waals surface area contributed by atoms with Crippen LogP contribution >= 0.6 is 0 Å². The number of allylic oxidation sites excluding steroid dienone is 1. The number of hydrogen-bond donors (Lipinski definition) is 1. The van der Waals surface area contributed by atoms with Gasteiger partial charge in [-0.15, -0.1) is 0 Å². The second-order valence-electron chi connectivity index (χ2n) is 4.47. The standard InChI is InChI=1S/C14H17F2NO/c1-10(14-12(15)6-4-7-13(14)16)17-9-11-5-2-3-8-18-11/h3-4,6-8,10-11,17H,2,5,9H2,1H3. The maximum atomic E-state index is 13.5. The molecule has 0 radical (unpaired) electrons. The first-order chi connectivity index (χ1) is 8.68. The van der Waals surface area contributed by atoms with Crippen LogP contribution in [0.5, 0.6) is 0 Å². The summed E-state index contributed by atoms with van der Waals surface area (Å²) in [5.41, 5.74) is 0.0869. The van der Waals surface area contributed by atoms with Crippen LogP contribution in [0, 0.1) is 11.6 Å². The molecule has 4 heteroatoms. The fraction of sp³-hybridized carbons (Fsp3) is 0.429. The van der Waals surface area contributed by atoms with Crippen molar-refractivity contribution in [3.63, 3.8) is 0 Å². The summed E-state index contributed by atoms with van der Waals surface area (Å²) in [5.74, 6) is -1.03. The van der Waals surface area contributed by atoms with Crippen molar-refractivity contribution in [2.75, 3.05) is 6.54 Å². The monoisotopic (exact) mass is 253 g/mol. The van der Waals surface area contributed by atoms with Crippen LogP contribution in [0.1, 0.15) is 31.4 Å². The molecule has 0 amide bonds. The summed E-state index contributed by atoms with van der Waals surface area (Å²) in [6.45, 7) is 2.33. The molecule has 1 heterocycles. The van der Waals surface area contributed by atoms with Crippen LogP contribution in [-0.4, -0.2) is 12.6 Å². The molecule has 0 spiro atoms. The minimum absolute atomic E-state index is 0.0762. The first-order valence-electron chi connectivity index (χ1n) is 6.16. The fourth-order valence-electron chi connectivity index (χ4n) is 2.07. The lowest BCUT2D eigenvalue weighted by Crippen LogP contribution is -2.31. The molecule has 1 aromatic rings. The van der Waals surface area contributed by atoms with Crippen molar-refractivity contribution in [1.29, 1.82) is 0 Å². The van der Waals surface area contributed by atoms with Gasteiger partial charge in [0.15, 0.2) is 0 Å². The van der Waals surface area contributed by atoms with Gasteiger partial charge in [0.1, 0.15) is 17.7 Å². The molecule has 1 aromatic carbocycles. The lowest BCUT2D eigenvalue weighted by Gasteiger charge is -2.23. The van der Waals surface area contributed by atoms with Gasteiger partial charge in [0, 0.05) is 18.2 Å². The molecule has 0 saturated carbocycles. The van der Waals surface area contributed by atoms with E-state index in [1.54, 1.807) is 13.2 Å².